The Balaban J connectivity index is -0.000000197. The number of amides is 3. The molecular weight excluding hydrogens is 683 g/mol. The number of carbonyl (C=O) groups excluding carboxylic acids is 4. The molecule has 12 nitrogen and oxygen atoms in total. The summed E-state index contributed by atoms with van der Waals surface area (Å²) >= 11 is 0. The van der Waals surface area contributed by atoms with Crippen LogP contribution in [0.3, 0.4) is 0 Å². The minimum absolute atomic E-state index is 0. The Hall–Kier alpha value is -3.70. The van der Waals surface area contributed by atoms with Crippen molar-refractivity contribution < 1.29 is 43.6 Å². The Kier molecular flexibility index (Phi) is 25.6. The number of ether oxygens (including phenoxy) is 3. The number of rotatable bonds is 0. The van der Waals surface area contributed by atoms with Gasteiger partial charge in [-0.3, -0.25) is 9.69 Å². The van der Waals surface area contributed by atoms with Crippen molar-refractivity contribution in [3.05, 3.63) is 0 Å². The number of nitrogens with zero attached hydrogens (tertiary/aromatic N) is 3. The van der Waals surface area contributed by atoms with Gasteiger partial charge in [-0.1, -0.05) is 67.6 Å². The molecule has 0 aromatic rings. The summed E-state index contributed by atoms with van der Waals surface area (Å²) in [6, 6.07) is 0. The van der Waals surface area contributed by atoms with Crippen LogP contribution in [-0.2, 0) is 19.0 Å². The lowest BCUT2D eigenvalue weighted by Crippen LogP contribution is -2.63. The average molecular weight is 756 g/mol. The molecule has 302 valence electrons. The van der Waals surface area contributed by atoms with Gasteiger partial charge in [-0.15, -0.1) is 24.3 Å². The molecule has 13 heteroatoms. The lowest BCUT2D eigenvalue weighted by Gasteiger charge is -2.43. The molecule has 0 aromatic carbocycles. The van der Waals surface area contributed by atoms with Crippen LogP contribution in [0.1, 0.15) is 105 Å². The van der Waals surface area contributed by atoms with Gasteiger partial charge in [-0.25, -0.2) is 14.4 Å². The van der Waals surface area contributed by atoms with Gasteiger partial charge in [0.2, 0.25) is 0 Å². The summed E-state index contributed by atoms with van der Waals surface area (Å²) in [5, 5.41) is 19.5. The van der Waals surface area contributed by atoms with E-state index < -0.39 is 48.3 Å². The molecule has 0 unspecified atom stereocenters. The molecule has 3 rings (SSSR count). The zero-order chi connectivity index (χ0) is 39.2. The normalized spacial score (nSPS) is 15.9. The molecule has 0 saturated carbocycles. The van der Waals surface area contributed by atoms with Crippen LogP contribution < -0.4 is 0 Å². The molecule has 0 atom stereocenters. The third kappa shape index (κ3) is 25.3. The SMILES string of the molecule is C.C.C.C#CC.C#CC1(O)CN(C(=O)OC(C)(C)C)C1.CC.CC(C)(C)OC(=O)N1CC(=O)C1.CC(C)(C)OC(=O)N1CC(O)(C#C[Si](C)(C)C)C1. The second-order valence-corrected chi connectivity index (χ2v) is 20.3. The number of hydrogen-bond donors (Lipinski definition) is 2. The standard InChI is InChI=1S/C13H23NO3Si.C10H15NO3.C8H13NO3.C3H4.C2H6.3CH4/c1-12(2,3)17-11(15)14-9-13(16,10-14)7-8-18(4,5)6;1-5-10(13)6-11(7-10)8(12)14-9(2,3)4;1-8(2,3)12-7(11)9-4-6(10)5-9;1-3-2;1-2;;;/h16H,9-10H2,1-6H3;1,13H,6-7H2,2-4H3;4-5H2,1-3H3;1H,2H3;1-2H3;3*1H4. The smallest absolute Gasteiger partial charge is 0.411 e. The highest BCUT2D eigenvalue weighted by molar-refractivity contribution is 6.83. The van der Waals surface area contributed by atoms with E-state index in [1.807, 2.05) is 34.6 Å². The zero-order valence-corrected chi connectivity index (χ0v) is 33.5. The van der Waals surface area contributed by atoms with Crippen molar-refractivity contribution in [3.63, 3.8) is 0 Å². The van der Waals surface area contributed by atoms with Gasteiger partial charge >= 0.3 is 18.3 Å². The molecule has 0 spiro atoms. The van der Waals surface area contributed by atoms with Gasteiger partial charge in [-0.05, 0) is 69.2 Å². The maximum atomic E-state index is 11.7. The maximum Gasteiger partial charge on any atom is 0.411 e. The minimum atomic E-state index is -1.49. The highest BCUT2D eigenvalue weighted by atomic mass is 28.3. The number of ketones is 1. The van der Waals surface area contributed by atoms with Crippen molar-refractivity contribution in [1.82, 2.24) is 14.7 Å². The van der Waals surface area contributed by atoms with Gasteiger partial charge < -0.3 is 34.2 Å². The molecule has 3 aliphatic heterocycles. The van der Waals surface area contributed by atoms with Crippen LogP contribution in [-0.4, -0.2) is 124 Å². The Morgan fingerprint density at radius 1 is 0.673 bits per heavy atom. The Morgan fingerprint density at radius 3 is 1.17 bits per heavy atom. The summed E-state index contributed by atoms with van der Waals surface area (Å²) in [7, 11) is -1.49. The third-order valence-corrected chi connectivity index (χ3v) is 6.31. The van der Waals surface area contributed by atoms with E-state index in [2.05, 4.69) is 49.4 Å². The Morgan fingerprint density at radius 2 is 0.942 bits per heavy atom. The van der Waals surface area contributed by atoms with Crippen molar-refractivity contribution in [2.75, 3.05) is 39.3 Å². The van der Waals surface area contributed by atoms with Crippen LogP contribution in [0.25, 0.3) is 0 Å². The lowest BCUT2D eigenvalue weighted by atomic mass is 9.96. The summed E-state index contributed by atoms with van der Waals surface area (Å²) in [6.07, 6.45) is 8.46. The highest BCUT2D eigenvalue weighted by Crippen LogP contribution is 2.24. The molecule has 3 aliphatic rings. The van der Waals surface area contributed by atoms with Crippen molar-refractivity contribution in [1.29, 1.82) is 0 Å². The predicted molar refractivity (Wildman–Crippen MR) is 214 cm³/mol. The second-order valence-electron chi connectivity index (χ2n) is 15.5. The number of Topliss-reactive ketones (excluding diaryl/α,β-unsaturated/α-hetero) is 1. The van der Waals surface area contributed by atoms with Crippen molar-refractivity contribution in [2.24, 2.45) is 0 Å². The molecular formula is C39H73N3O9Si. The van der Waals surface area contributed by atoms with Gasteiger partial charge in [0.05, 0.1) is 39.3 Å². The third-order valence-electron chi connectivity index (χ3n) is 5.44. The number of aliphatic hydroxyl groups is 2. The van der Waals surface area contributed by atoms with Gasteiger partial charge in [-0.2, -0.15) is 0 Å². The van der Waals surface area contributed by atoms with E-state index >= 15 is 0 Å². The fourth-order valence-electron chi connectivity index (χ4n) is 3.39. The van der Waals surface area contributed by atoms with Crippen LogP contribution >= 0.6 is 0 Å². The second kappa shape index (κ2) is 23.1. The monoisotopic (exact) mass is 756 g/mol. The molecule has 52 heavy (non-hydrogen) atoms. The average Bonchev–Trinajstić information content (AvgIpc) is 2.85. The van der Waals surface area contributed by atoms with E-state index in [4.69, 9.17) is 20.6 Å². The summed E-state index contributed by atoms with van der Waals surface area (Å²) in [4.78, 5) is 49.0. The van der Waals surface area contributed by atoms with E-state index in [0.717, 1.165) is 0 Å². The van der Waals surface area contributed by atoms with Gasteiger partial charge in [0.25, 0.3) is 0 Å². The van der Waals surface area contributed by atoms with Crippen LogP contribution in [0.15, 0.2) is 0 Å². The highest BCUT2D eigenvalue weighted by Gasteiger charge is 2.45. The largest absolute Gasteiger partial charge is 0.444 e. The maximum absolute atomic E-state index is 11.7. The zero-order valence-electron chi connectivity index (χ0n) is 32.5. The molecule has 3 fully saturated rings. The van der Waals surface area contributed by atoms with Crippen LogP contribution in [0.4, 0.5) is 14.4 Å². The summed E-state index contributed by atoms with van der Waals surface area (Å²) in [5.74, 6) is 7.47. The van der Waals surface area contributed by atoms with Crippen molar-refractivity contribution >= 4 is 32.1 Å². The van der Waals surface area contributed by atoms with Gasteiger partial charge in [0, 0.05) is 0 Å². The predicted octanol–water partition coefficient (Wildman–Crippen LogP) is 6.83. The van der Waals surface area contributed by atoms with Crippen LogP contribution in [0, 0.1) is 36.2 Å². The molecule has 0 aliphatic carbocycles. The van der Waals surface area contributed by atoms with E-state index in [1.165, 1.54) is 14.7 Å². The first-order valence-electron chi connectivity index (χ1n) is 16.3. The number of carbonyl (C=O) groups is 4. The Bertz CT molecular complexity index is 1260. The molecule has 3 heterocycles. The molecule has 0 bridgehead atoms. The van der Waals surface area contributed by atoms with Crippen molar-refractivity contribution in [3.8, 4) is 36.2 Å². The molecule has 3 amide bonds. The van der Waals surface area contributed by atoms with E-state index in [0.29, 0.717) is 0 Å². The summed E-state index contributed by atoms with van der Waals surface area (Å²) in [5.41, 5.74) is -0.563. The first-order chi connectivity index (χ1) is 22.0. The number of likely N-dealkylation sites (tertiary alicyclic amines) is 3. The summed E-state index contributed by atoms with van der Waals surface area (Å²) in [6.45, 7) is 29.4. The number of hydrogen-bond acceptors (Lipinski definition) is 9. The Labute approximate surface area is 318 Å². The molecule has 0 radical (unpaired) electrons. The fourth-order valence-corrected chi connectivity index (χ4v) is 4.00. The summed E-state index contributed by atoms with van der Waals surface area (Å²) < 4.78 is 15.3. The van der Waals surface area contributed by atoms with E-state index in [9.17, 15) is 29.4 Å². The van der Waals surface area contributed by atoms with Gasteiger partial charge in [0.15, 0.2) is 17.0 Å². The molecule has 2 N–H and O–H groups in total. The number of β-amino-alcohol motifs (C(OH)–C–C–N with tert-alkyl or cyclic N) is 2. The van der Waals surface area contributed by atoms with Crippen LogP contribution in [0.5, 0.6) is 0 Å². The van der Waals surface area contributed by atoms with E-state index in [1.54, 1.807) is 48.5 Å². The lowest BCUT2D eigenvalue weighted by molar-refractivity contribution is -0.128. The number of terminal acetylenes is 2. The van der Waals surface area contributed by atoms with E-state index in [-0.39, 0.29) is 73.4 Å². The van der Waals surface area contributed by atoms with Gasteiger partial charge in [0.1, 0.15) is 24.9 Å². The molecule has 0 aromatic heterocycles. The fraction of sp³-hybridized carbons (Fsp3) is 0.744. The first-order valence-corrected chi connectivity index (χ1v) is 19.8. The quantitative estimate of drug-likeness (QED) is 0.154. The minimum Gasteiger partial charge on any atom is -0.444 e. The molecule has 3 saturated heterocycles. The van der Waals surface area contributed by atoms with Crippen LogP contribution in [0.2, 0.25) is 19.6 Å². The van der Waals surface area contributed by atoms with Crippen molar-refractivity contribution in [2.45, 2.75) is 153 Å². The first kappa shape index (κ1) is 57.6. The topological polar surface area (TPSA) is 146 Å².